The van der Waals surface area contributed by atoms with Gasteiger partial charge >= 0.3 is 12.0 Å². The van der Waals surface area contributed by atoms with Gasteiger partial charge in [-0.2, -0.15) is 4.98 Å². The Morgan fingerprint density at radius 2 is 1.92 bits per heavy atom. The van der Waals surface area contributed by atoms with Crippen molar-refractivity contribution >= 4 is 28.0 Å². The second-order valence-corrected chi connectivity index (χ2v) is 6.89. The third kappa shape index (κ3) is 4.44. The third-order valence-corrected chi connectivity index (χ3v) is 4.97. The normalized spacial score (nSPS) is 14.2. The lowest BCUT2D eigenvalue weighted by atomic mass is 10.2. The van der Waals surface area contributed by atoms with E-state index in [9.17, 15) is 18.0 Å². The number of allylic oxidation sites excluding steroid dienone is 1. The minimum atomic E-state index is -4.18. The van der Waals surface area contributed by atoms with Crippen molar-refractivity contribution in [2.45, 2.75) is 26.2 Å². The Hall–Kier alpha value is -2.69. The number of aryl methyl sites for hydroxylation is 1. The summed E-state index contributed by atoms with van der Waals surface area (Å²) < 4.78 is 36.1. The number of ether oxygens (including phenoxy) is 2. The van der Waals surface area contributed by atoms with Gasteiger partial charge in [0.1, 0.15) is 0 Å². The molecule has 0 atom stereocenters. The predicted octanol–water partition coefficient (Wildman–Crippen LogP) is 0.856. The van der Waals surface area contributed by atoms with Crippen molar-refractivity contribution in [1.29, 1.82) is 0 Å². The Balaban J connectivity index is 2.17. The minimum Gasteiger partial charge on any atom is -0.481 e. The molecule has 1 aromatic rings. The van der Waals surface area contributed by atoms with Crippen LogP contribution >= 0.6 is 0 Å². The van der Waals surface area contributed by atoms with Crippen molar-refractivity contribution in [3.05, 3.63) is 22.2 Å². The number of carbonyl (C=O) groups excluding carboxylic acids is 2. The van der Waals surface area contributed by atoms with Crippen molar-refractivity contribution in [1.82, 2.24) is 14.7 Å². The maximum atomic E-state index is 12.4. The summed E-state index contributed by atoms with van der Waals surface area (Å²) in [6.45, 7) is 1.66. The second-order valence-electron chi connectivity index (χ2n) is 5.18. The van der Waals surface area contributed by atoms with Crippen LogP contribution in [0, 0.1) is 6.92 Å². The SMILES string of the molecule is COC(=O)C1=C(S(=O)(=O)NC(=O)Nc2nc(C)cc(OC)n2)CCC1. The van der Waals surface area contributed by atoms with Crippen LogP contribution in [-0.2, 0) is 19.6 Å². The first kappa shape index (κ1) is 18.6. The number of sulfonamides is 1. The molecular weight excluding hydrogens is 352 g/mol. The summed E-state index contributed by atoms with van der Waals surface area (Å²) >= 11 is 0. The number of aromatic nitrogens is 2. The zero-order valence-corrected chi connectivity index (χ0v) is 14.8. The van der Waals surface area contributed by atoms with Gasteiger partial charge in [-0.3, -0.25) is 5.32 Å². The summed E-state index contributed by atoms with van der Waals surface area (Å²) in [5, 5.41) is 2.22. The van der Waals surface area contributed by atoms with E-state index in [1.165, 1.54) is 14.2 Å². The fourth-order valence-electron chi connectivity index (χ4n) is 2.36. The van der Waals surface area contributed by atoms with Gasteiger partial charge in [0.25, 0.3) is 10.0 Å². The molecule has 0 bridgehead atoms. The monoisotopic (exact) mass is 370 g/mol. The molecule has 0 unspecified atom stereocenters. The van der Waals surface area contributed by atoms with Gasteiger partial charge in [0.2, 0.25) is 11.8 Å². The van der Waals surface area contributed by atoms with E-state index in [0.29, 0.717) is 12.1 Å². The Bertz CT molecular complexity index is 834. The highest BCUT2D eigenvalue weighted by Gasteiger charge is 2.31. The highest BCUT2D eigenvalue weighted by atomic mass is 32.2. The lowest BCUT2D eigenvalue weighted by molar-refractivity contribution is -0.136. The van der Waals surface area contributed by atoms with Crippen molar-refractivity contribution in [3.8, 4) is 5.88 Å². The molecule has 10 nitrogen and oxygen atoms in total. The Kier molecular flexibility index (Phi) is 5.57. The molecule has 2 N–H and O–H groups in total. The summed E-state index contributed by atoms with van der Waals surface area (Å²) in [5.41, 5.74) is 0.577. The molecule has 1 heterocycles. The van der Waals surface area contributed by atoms with E-state index in [-0.39, 0.29) is 35.1 Å². The largest absolute Gasteiger partial charge is 0.481 e. The molecular formula is C14H18N4O6S. The van der Waals surface area contributed by atoms with Crippen LogP contribution in [0.15, 0.2) is 16.5 Å². The highest BCUT2D eigenvalue weighted by molar-refractivity contribution is 7.94. The van der Waals surface area contributed by atoms with Gasteiger partial charge in [-0.15, -0.1) is 0 Å². The quantitative estimate of drug-likeness (QED) is 0.728. The van der Waals surface area contributed by atoms with Gasteiger partial charge in [-0.1, -0.05) is 0 Å². The van der Waals surface area contributed by atoms with Crippen molar-refractivity contribution in [2.75, 3.05) is 19.5 Å². The first-order valence-corrected chi connectivity index (χ1v) is 8.79. The molecule has 0 aromatic carbocycles. The van der Waals surface area contributed by atoms with E-state index in [0.717, 1.165) is 0 Å². The molecule has 0 saturated heterocycles. The number of carbonyl (C=O) groups is 2. The number of rotatable bonds is 5. The number of esters is 1. The van der Waals surface area contributed by atoms with E-state index in [2.05, 4.69) is 20.0 Å². The zero-order valence-electron chi connectivity index (χ0n) is 14.0. The Morgan fingerprint density at radius 1 is 1.20 bits per heavy atom. The number of urea groups is 1. The number of nitrogens with one attached hydrogen (secondary N) is 2. The van der Waals surface area contributed by atoms with Crippen molar-refractivity contribution in [2.24, 2.45) is 0 Å². The molecule has 0 radical (unpaired) electrons. The molecule has 25 heavy (non-hydrogen) atoms. The average Bonchev–Trinajstić information content (AvgIpc) is 3.03. The van der Waals surface area contributed by atoms with E-state index in [1.54, 1.807) is 13.0 Å². The molecule has 1 aliphatic rings. The van der Waals surface area contributed by atoms with E-state index in [4.69, 9.17) is 4.74 Å². The first-order chi connectivity index (χ1) is 11.8. The Morgan fingerprint density at radius 3 is 2.56 bits per heavy atom. The third-order valence-electron chi connectivity index (χ3n) is 3.42. The maximum absolute atomic E-state index is 12.4. The molecule has 11 heteroatoms. The smallest absolute Gasteiger partial charge is 0.335 e. The number of anilines is 1. The summed E-state index contributed by atoms with van der Waals surface area (Å²) in [6.07, 6.45) is 0.922. The molecule has 1 aromatic heterocycles. The van der Waals surface area contributed by atoms with E-state index < -0.39 is 22.0 Å². The lowest BCUT2D eigenvalue weighted by Crippen LogP contribution is -2.36. The van der Waals surface area contributed by atoms with Crippen LogP contribution in [0.5, 0.6) is 5.88 Å². The molecule has 0 saturated carbocycles. The molecule has 2 rings (SSSR count). The van der Waals surface area contributed by atoms with Gasteiger partial charge in [0.15, 0.2) is 0 Å². The van der Waals surface area contributed by atoms with E-state index >= 15 is 0 Å². The zero-order chi connectivity index (χ0) is 18.6. The summed E-state index contributed by atoms with van der Waals surface area (Å²) in [4.78, 5) is 31.3. The van der Waals surface area contributed by atoms with Crippen LogP contribution in [0.4, 0.5) is 10.7 Å². The molecule has 2 amide bonds. The van der Waals surface area contributed by atoms with Gasteiger partial charge in [0.05, 0.1) is 24.7 Å². The predicted molar refractivity (Wildman–Crippen MR) is 87.3 cm³/mol. The minimum absolute atomic E-state index is 0.0521. The number of amides is 2. The van der Waals surface area contributed by atoms with Gasteiger partial charge < -0.3 is 9.47 Å². The Labute approximate surface area is 144 Å². The number of methoxy groups -OCH3 is 2. The first-order valence-electron chi connectivity index (χ1n) is 7.30. The van der Waals surface area contributed by atoms with Crippen LogP contribution < -0.4 is 14.8 Å². The van der Waals surface area contributed by atoms with Crippen molar-refractivity contribution < 1.29 is 27.5 Å². The number of hydrogen-bond donors (Lipinski definition) is 2. The fourth-order valence-corrected chi connectivity index (χ4v) is 3.70. The van der Waals surface area contributed by atoms with Crippen LogP contribution in [-0.4, -0.2) is 44.6 Å². The van der Waals surface area contributed by atoms with Crippen LogP contribution in [0.25, 0.3) is 0 Å². The lowest BCUT2D eigenvalue weighted by Gasteiger charge is -2.10. The summed E-state index contributed by atoms with van der Waals surface area (Å²) in [6, 6.07) is 0.502. The average molecular weight is 370 g/mol. The van der Waals surface area contributed by atoms with Crippen LogP contribution in [0.3, 0.4) is 0 Å². The highest BCUT2D eigenvalue weighted by Crippen LogP contribution is 2.30. The number of hydrogen-bond acceptors (Lipinski definition) is 8. The van der Waals surface area contributed by atoms with Gasteiger partial charge in [-0.05, 0) is 26.2 Å². The summed E-state index contributed by atoms with van der Waals surface area (Å²) in [5.74, 6) is -0.611. The molecule has 0 fully saturated rings. The van der Waals surface area contributed by atoms with Crippen LogP contribution in [0.2, 0.25) is 0 Å². The second kappa shape index (κ2) is 7.47. The maximum Gasteiger partial charge on any atom is 0.335 e. The standard InChI is InChI=1S/C14H18N4O6S/c1-8-7-11(23-2)16-13(15-8)17-14(20)18-25(21,22)10-6-4-5-9(10)12(19)24-3/h7H,4-6H2,1-3H3,(H2,15,16,17,18,20). The van der Waals surface area contributed by atoms with Crippen LogP contribution in [0.1, 0.15) is 25.0 Å². The van der Waals surface area contributed by atoms with Gasteiger partial charge in [0, 0.05) is 11.8 Å². The summed E-state index contributed by atoms with van der Waals surface area (Å²) in [7, 11) is -1.61. The van der Waals surface area contributed by atoms with Gasteiger partial charge in [-0.25, -0.2) is 27.7 Å². The molecule has 0 aliphatic heterocycles. The number of nitrogens with zero attached hydrogens (tertiary/aromatic N) is 2. The topological polar surface area (TPSA) is 137 Å². The van der Waals surface area contributed by atoms with E-state index in [1.807, 2.05) is 4.72 Å². The van der Waals surface area contributed by atoms with Crippen molar-refractivity contribution in [3.63, 3.8) is 0 Å². The molecule has 0 spiro atoms. The molecule has 136 valence electrons. The fraction of sp³-hybridized carbons (Fsp3) is 0.429. The molecule has 1 aliphatic carbocycles.